The zero-order valence-corrected chi connectivity index (χ0v) is 18.4. The number of hydrogen-bond donors (Lipinski definition) is 0. The summed E-state index contributed by atoms with van der Waals surface area (Å²) in [4.78, 5) is 9.21. The van der Waals surface area contributed by atoms with Crippen molar-refractivity contribution in [3.63, 3.8) is 0 Å². The molecule has 0 saturated carbocycles. The molecule has 0 saturated heterocycles. The van der Waals surface area contributed by atoms with Crippen LogP contribution in [-0.2, 0) is 10.8 Å². The van der Waals surface area contributed by atoms with E-state index in [0.717, 1.165) is 33.3 Å². The maximum Gasteiger partial charge on any atom is 0.135 e. The van der Waals surface area contributed by atoms with Gasteiger partial charge in [0.15, 0.2) is 0 Å². The van der Waals surface area contributed by atoms with Gasteiger partial charge < -0.3 is 4.42 Å². The van der Waals surface area contributed by atoms with E-state index in [9.17, 15) is 0 Å². The van der Waals surface area contributed by atoms with Gasteiger partial charge in [-0.1, -0.05) is 52.0 Å². The summed E-state index contributed by atoms with van der Waals surface area (Å²) in [5.41, 5.74) is 5.95. The third-order valence-corrected chi connectivity index (χ3v) is 6.52. The zero-order chi connectivity index (χ0) is 21.6. The molecule has 31 heavy (non-hydrogen) atoms. The van der Waals surface area contributed by atoms with Gasteiger partial charge in [0, 0.05) is 34.0 Å². The van der Waals surface area contributed by atoms with Crippen molar-refractivity contribution in [3.8, 4) is 0 Å². The summed E-state index contributed by atoms with van der Waals surface area (Å²) in [6.07, 6.45) is 3.71. The summed E-state index contributed by atoms with van der Waals surface area (Å²) >= 11 is 0. The molecule has 3 nitrogen and oxygen atoms in total. The molecule has 0 unspecified atom stereocenters. The Morgan fingerprint density at radius 1 is 0.581 bits per heavy atom. The fraction of sp³-hybridized carbons (Fsp3) is 0.214. The average molecular weight is 407 g/mol. The van der Waals surface area contributed by atoms with Crippen LogP contribution in [0, 0.1) is 0 Å². The number of hydrogen-bond acceptors (Lipinski definition) is 3. The summed E-state index contributed by atoms with van der Waals surface area (Å²) in [6, 6.07) is 25.2. The predicted molar refractivity (Wildman–Crippen MR) is 126 cm³/mol. The molecular formula is C28H26N2O. The molecule has 5 rings (SSSR count). The van der Waals surface area contributed by atoms with Gasteiger partial charge in [0.1, 0.15) is 11.2 Å². The SMILES string of the molecule is CC(C)(c1ccc2oc3ccc(C(C)(C)c4ccccn4)cc3c2c1)c1ccccn1. The van der Waals surface area contributed by atoms with Gasteiger partial charge >= 0.3 is 0 Å². The summed E-state index contributed by atoms with van der Waals surface area (Å²) in [6.45, 7) is 8.87. The first-order valence-corrected chi connectivity index (χ1v) is 10.7. The number of fused-ring (bicyclic) bond motifs is 3. The number of aromatic nitrogens is 2. The van der Waals surface area contributed by atoms with Crippen molar-refractivity contribution in [2.45, 2.75) is 38.5 Å². The highest BCUT2D eigenvalue weighted by Gasteiger charge is 2.27. The molecule has 3 heteroatoms. The molecule has 3 heterocycles. The summed E-state index contributed by atoms with van der Waals surface area (Å²) in [5.74, 6) is 0. The lowest BCUT2D eigenvalue weighted by Crippen LogP contribution is -2.20. The van der Waals surface area contributed by atoms with Crippen LogP contribution < -0.4 is 0 Å². The van der Waals surface area contributed by atoms with Crippen LogP contribution in [0.1, 0.15) is 50.2 Å². The van der Waals surface area contributed by atoms with E-state index >= 15 is 0 Å². The van der Waals surface area contributed by atoms with Gasteiger partial charge in [-0.05, 0) is 59.7 Å². The van der Waals surface area contributed by atoms with E-state index in [1.807, 2.05) is 36.7 Å². The van der Waals surface area contributed by atoms with Gasteiger partial charge in [0.25, 0.3) is 0 Å². The molecule has 0 aliphatic heterocycles. The van der Waals surface area contributed by atoms with Crippen LogP contribution >= 0.6 is 0 Å². The summed E-state index contributed by atoms with van der Waals surface area (Å²) in [5, 5.41) is 2.27. The van der Waals surface area contributed by atoms with E-state index < -0.39 is 0 Å². The molecule has 0 atom stereocenters. The van der Waals surface area contributed by atoms with Gasteiger partial charge in [-0.15, -0.1) is 0 Å². The van der Waals surface area contributed by atoms with E-state index in [0.29, 0.717) is 0 Å². The van der Waals surface area contributed by atoms with E-state index in [4.69, 9.17) is 4.42 Å². The highest BCUT2D eigenvalue weighted by Crippen LogP contribution is 2.38. The van der Waals surface area contributed by atoms with Gasteiger partial charge in [-0.3, -0.25) is 9.97 Å². The number of furan rings is 1. The second kappa shape index (κ2) is 7.05. The fourth-order valence-corrected chi connectivity index (χ4v) is 4.32. The Morgan fingerprint density at radius 2 is 1.03 bits per heavy atom. The van der Waals surface area contributed by atoms with Crippen LogP contribution in [0.2, 0.25) is 0 Å². The van der Waals surface area contributed by atoms with Crippen molar-refractivity contribution in [3.05, 3.63) is 108 Å². The van der Waals surface area contributed by atoms with Crippen molar-refractivity contribution in [1.82, 2.24) is 9.97 Å². The largest absolute Gasteiger partial charge is 0.456 e. The quantitative estimate of drug-likeness (QED) is 0.322. The Labute approximate surface area is 182 Å². The zero-order valence-electron chi connectivity index (χ0n) is 18.4. The Balaban J connectivity index is 1.66. The summed E-state index contributed by atoms with van der Waals surface area (Å²) in [7, 11) is 0. The van der Waals surface area contributed by atoms with Crippen LogP contribution in [0.25, 0.3) is 21.9 Å². The average Bonchev–Trinajstić information content (AvgIpc) is 3.17. The molecule has 154 valence electrons. The van der Waals surface area contributed by atoms with E-state index in [1.165, 1.54) is 11.1 Å². The number of nitrogens with zero attached hydrogens (tertiary/aromatic N) is 2. The molecule has 3 aromatic heterocycles. The highest BCUT2D eigenvalue weighted by molar-refractivity contribution is 6.05. The second-order valence-corrected chi connectivity index (χ2v) is 9.20. The van der Waals surface area contributed by atoms with Crippen LogP contribution in [0.5, 0.6) is 0 Å². The molecule has 0 aliphatic rings. The maximum atomic E-state index is 6.17. The van der Waals surface area contributed by atoms with Crippen LogP contribution in [-0.4, -0.2) is 9.97 Å². The summed E-state index contributed by atoms with van der Waals surface area (Å²) < 4.78 is 6.17. The monoisotopic (exact) mass is 406 g/mol. The van der Waals surface area contributed by atoms with E-state index in [1.54, 1.807) is 0 Å². The first kappa shape index (κ1) is 19.5. The van der Waals surface area contributed by atoms with E-state index in [-0.39, 0.29) is 10.8 Å². The molecule has 0 radical (unpaired) electrons. The number of pyridine rings is 2. The maximum absolute atomic E-state index is 6.17. The Morgan fingerprint density at radius 3 is 1.42 bits per heavy atom. The first-order valence-electron chi connectivity index (χ1n) is 10.7. The highest BCUT2D eigenvalue weighted by atomic mass is 16.3. The molecule has 0 aliphatic carbocycles. The molecule has 0 fully saturated rings. The Bertz CT molecular complexity index is 1260. The second-order valence-electron chi connectivity index (χ2n) is 9.20. The molecular weight excluding hydrogens is 380 g/mol. The lowest BCUT2D eigenvalue weighted by Gasteiger charge is -2.25. The van der Waals surface area contributed by atoms with Crippen molar-refractivity contribution in [1.29, 1.82) is 0 Å². The lowest BCUT2D eigenvalue weighted by atomic mass is 9.79. The minimum atomic E-state index is -0.204. The smallest absolute Gasteiger partial charge is 0.135 e. The third kappa shape index (κ3) is 3.21. The van der Waals surface area contributed by atoms with Crippen molar-refractivity contribution >= 4 is 21.9 Å². The first-order chi connectivity index (χ1) is 14.9. The third-order valence-electron chi connectivity index (χ3n) is 6.52. The van der Waals surface area contributed by atoms with Gasteiger partial charge in [-0.25, -0.2) is 0 Å². The van der Waals surface area contributed by atoms with Crippen molar-refractivity contribution in [2.75, 3.05) is 0 Å². The van der Waals surface area contributed by atoms with Crippen LogP contribution in [0.15, 0.2) is 89.6 Å². The molecule has 0 amide bonds. The Hall–Kier alpha value is -3.46. The lowest BCUT2D eigenvalue weighted by molar-refractivity contribution is 0.616. The molecule has 0 bridgehead atoms. The van der Waals surface area contributed by atoms with Crippen LogP contribution in [0.4, 0.5) is 0 Å². The minimum Gasteiger partial charge on any atom is -0.456 e. The number of rotatable bonds is 4. The molecule has 2 aromatic carbocycles. The van der Waals surface area contributed by atoms with Gasteiger partial charge in [0.2, 0.25) is 0 Å². The minimum absolute atomic E-state index is 0.204. The molecule has 0 spiro atoms. The van der Waals surface area contributed by atoms with E-state index in [2.05, 4.69) is 86.2 Å². The fourth-order valence-electron chi connectivity index (χ4n) is 4.32. The van der Waals surface area contributed by atoms with Crippen molar-refractivity contribution < 1.29 is 4.42 Å². The van der Waals surface area contributed by atoms with Crippen molar-refractivity contribution in [2.24, 2.45) is 0 Å². The molecule has 0 N–H and O–H groups in total. The van der Waals surface area contributed by atoms with Gasteiger partial charge in [-0.2, -0.15) is 0 Å². The van der Waals surface area contributed by atoms with Crippen LogP contribution in [0.3, 0.4) is 0 Å². The van der Waals surface area contributed by atoms with Gasteiger partial charge in [0.05, 0.1) is 11.4 Å². The molecule has 5 aromatic rings. The standard InChI is InChI=1S/C28H26N2O/c1-27(2,25-9-5-7-15-29-25)19-11-13-23-21(17-19)22-18-20(12-14-24(22)31-23)28(3,4)26-10-6-8-16-30-26/h5-18H,1-4H3. The number of benzene rings is 2. The normalized spacial score (nSPS) is 12.5. The Kier molecular flexibility index (Phi) is 4.44. The predicted octanol–water partition coefficient (Wildman–Crippen LogP) is 7.03. The topological polar surface area (TPSA) is 38.9 Å².